The highest BCUT2D eigenvalue weighted by atomic mass is 35.5. The first-order chi connectivity index (χ1) is 15.9. The van der Waals surface area contributed by atoms with Gasteiger partial charge in [-0.1, -0.05) is 48.4 Å². The second-order valence-electron chi connectivity index (χ2n) is 8.65. The van der Waals surface area contributed by atoms with E-state index in [0.717, 1.165) is 24.0 Å². The fourth-order valence-corrected chi connectivity index (χ4v) is 5.37. The maximum Gasteiger partial charge on any atom is 0.254 e. The van der Waals surface area contributed by atoms with Gasteiger partial charge in [0.15, 0.2) is 0 Å². The molecule has 4 rings (SSSR count). The lowest BCUT2D eigenvalue weighted by atomic mass is 9.93. The average Bonchev–Trinajstić information content (AvgIpc) is 3.31. The summed E-state index contributed by atoms with van der Waals surface area (Å²) in [6.45, 7) is 6.73. The summed E-state index contributed by atoms with van der Waals surface area (Å²) in [7, 11) is 0. The summed E-state index contributed by atoms with van der Waals surface area (Å²) < 4.78 is 0. The molecule has 33 heavy (non-hydrogen) atoms. The molecule has 2 aromatic carbocycles. The maximum atomic E-state index is 13.7. The van der Waals surface area contributed by atoms with E-state index in [-0.39, 0.29) is 30.4 Å². The van der Waals surface area contributed by atoms with E-state index in [4.69, 9.17) is 11.6 Å². The zero-order valence-electron chi connectivity index (χ0n) is 19.3. The van der Waals surface area contributed by atoms with Crippen molar-refractivity contribution in [2.45, 2.75) is 45.7 Å². The van der Waals surface area contributed by atoms with E-state index in [0.29, 0.717) is 17.1 Å². The minimum absolute atomic E-state index is 0.0347. The summed E-state index contributed by atoms with van der Waals surface area (Å²) in [5, 5.41) is 2.76. The largest absolute Gasteiger partial charge is 0.330 e. The van der Waals surface area contributed by atoms with Crippen LogP contribution in [0.15, 0.2) is 60.0 Å². The molecule has 1 aliphatic heterocycles. The van der Waals surface area contributed by atoms with Crippen molar-refractivity contribution in [1.82, 2.24) is 9.80 Å². The topological polar surface area (TPSA) is 40.6 Å². The van der Waals surface area contributed by atoms with Crippen molar-refractivity contribution in [3.05, 3.63) is 92.1 Å². The number of amides is 2. The zero-order chi connectivity index (χ0) is 23.5. The summed E-state index contributed by atoms with van der Waals surface area (Å²) in [4.78, 5) is 32.0. The number of benzene rings is 2. The van der Waals surface area contributed by atoms with Crippen LogP contribution in [0.1, 0.15) is 58.2 Å². The van der Waals surface area contributed by atoms with Gasteiger partial charge in [-0.15, -0.1) is 11.3 Å². The minimum Gasteiger partial charge on any atom is -0.330 e. The van der Waals surface area contributed by atoms with Crippen LogP contribution in [0.5, 0.6) is 0 Å². The standard InChI is InChI=1S/C27H29ClN2O2S/c1-4-19(3)30(27(32)21-7-5-18(2)6-8-21)17-25(31)29-15-13-24-23(14-16-33-24)26(29)20-9-11-22(28)12-10-20/h5-12,14,16,19,26H,4,13,15,17H2,1-3H3. The molecule has 6 heteroatoms. The summed E-state index contributed by atoms with van der Waals surface area (Å²) >= 11 is 7.87. The third kappa shape index (κ3) is 4.99. The molecule has 2 amide bonds. The number of nitrogens with zero attached hydrogens (tertiary/aromatic N) is 2. The van der Waals surface area contributed by atoms with E-state index in [1.807, 2.05) is 74.2 Å². The van der Waals surface area contributed by atoms with Gasteiger partial charge in [0.05, 0.1) is 6.04 Å². The molecule has 0 aliphatic carbocycles. The summed E-state index contributed by atoms with van der Waals surface area (Å²) in [5.74, 6) is -0.137. The molecular weight excluding hydrogens is 452 g/mol. The molecule has 3 aromatic rings. The van der Waals surface area contributed by atoms with Gasteiger partial charge in [0.25, 0.3) is 5.91 Å². The van der Waals surface area contributed by atoms with Crippen molar-refractivity contribution < 1.29 is 9.59 Å². The fourth-order valence-electron chi connectivity index (χ4n) is 4.34. The van der Waals surface area contributed by atoms with Crippen LogP contribution >= 0.6 is 22.9 Å². The smallest absolute Gasteiger partial charge is 0.254 e. The highest BCUT2D eigenvalue weighted by Crippen LogP contribution is 2.38. The van der Waals surface area contributed by atoms with Crippen LogP contribution in [0, 0.1) is 6.92 Å². The second kappa shape index (κ2) is 10.1. The quantitative estimate of drug-likeness (QED) is 0.426. The monoisotopic (exact) mass is 480 g/mol. The number of hydrogen-bond acceptors (Lipinski definition) is 3. The van der Waals surface area contributed by atoms with Gasteiger partial charge >= 0.3 is 0 Å². The van der Waals surface area contributed by atoms with Crippen LogP contribution in [0.3, 0.4) is 0 Å². The first-order valence-corrected chi connectivity index (χ1v) is 12.6. The Kier molecular flexibility index (Phi) is 7.20. The van der Waals surface area contributed by atoms with Gasteiger partial charge in [0.1, 0.15) is 6.54 Å². The first kappa shape index (κ1) is 23.5. The number of thiophene rings is 1. The second-order valence-corrected chi connectivity index (χ2v) is 10.1. The number of carbonyl (C=O) groups excluding carboxylic acids is 2. The third-order valence-corrected chi connectivity index (χ3v) is 7.71. The Morgan fingerprint density at radius 1 is 1.12 bits per heavy atom. The van der Waals surface area contributed by atoms with Gasteiger partial charge in [0.2, 0.25) is 5.91 Å². The molecule has 2 unspecified atom stereocenters. The molecule has 4 nitrogen and oxygen atoms in total. The average molecular weight is 481 g/mol. The van der Waals surface area contributed by atoms with Gasteiger partial charge in [-0.2, -0.15) is 0 Å². The van der Waals surface area contributed by atoms with Crippen LogP contribution in [0.25, 0.3) is 0 Å². The highest BCUT2D eigenvalue weighted by molar-refractivity contribution is 7.10. The Morgan fingerprint density at radius 3 is 2.48 bits per heavy atom. The number of aryl methyl sites for hydroxylation is 1. The van der Waals surface area contributed by atoms with Crippen molar-refractivity contribution in [1.29, 1.82) is 0 Å². The van der Waals surface area contributed by atoms with Crippen molar-refractivity contribution >= 4 is 34.8 Å². The van der Waals surface area contributed by atoms with Crippen molar-refractivity contribution in [3.63, 3.8) is 0 Å². The maximum absolute atomic E-state index is 13.7. The number of halogens is 1. The normalized spacial score (nSPS) is 16.2. The molecule has 0 bridgehead atoms. The molecule has 1 aliphatic rings. The Balaban J connectivity index is 1.63. The molecule has 0 saturated carbocycles. The number of fused-ring (bicyclic) bond motifs is 1. The molecule has 2 atom stereocenters. The Hall–Kier alpha value is -2.63. The Labute approximate surface area is 204 Å². The summed E-state index contributed by atoms with van der Waals surface area (Å²) in [5.41, 5.74) is 3.92. The molecule has 1 aromatic heterocycles. The first-order valence-electron chi connectivity index (χ1n) is 11.4. The van der Waals surface area contributed by atoms with Crippen LogP contribution in [0.2, 0.25) is 5.02 Å². The number of rotatable bonds is 6. The van der Waals surface area contributed by atoms with Crippen molar-refractivity contribution in [2.75, 3.05) is 13.1 Å². The Morgan fingerprint density at radius 2 is 1.82 bits per heavy atom. The molecule has 2 heterocycles. The van der Waals surface area contributed by atoms with E-state index in [2.05, 4.69) is 11.4 Å². The summed E-state index contributed by atoms with van der Waals surface area (Å²) in [6.07, 6.45) is 1.61. The van der Waals surface area contributed by atoms with Crippen molar-refractivity contribution in [3.8, 4) is 0 Å². The van der Waals surface area contributed by atoms with E-state index in [9.17, 15) is 9.59 Å². The van der Waals surface area contributed by atoms with Gasteiger partial charge in [-0.25, -0.2) is 0 Å². The number of carbonyl (C=O) groups is 2. The molecule has 172 valence electrons. The van der Waals surface area contributed by atoms with E-state index < -0.39 is 0 Å². The molecular formula is C27H29ClN2O2S. The third-order valence-electron chi connectivity index (χ3n) is 6.46. The van der Waals surface area contributed by atoms with E-state index >= 15 is 0 Å². The van der Waals surface area contributed by atoms with Crippen LogP contribution in [-0.4, -0.2) is 40.7 Å². The lowest BCUT2D eigenvalue weighted by Gasteiger charge is -2.38. The van der Waals surface area contributed by atoms with Gasteiger partial charge in [-0.3, -0.25) is 9.59 Å². The molecule has 0 fully saturated rings. The van der Waals surface area contributed by atoms with Gasteiger partial charge < -0.3 is 9.80 Å². The predicted molar refractivity (Wildman–Crippen MR) is 135 cm³/mol. The highest BCUT2D eigenvalue weighted by Gasteiger charge is 2.34. The van der Waals surface area contributed by atoms with Crippen LogP contribution in [0.4, 0.5) is 0 Å². The lowest BCUT2D eigenvalue weighted by Crippen LogP contribution is -2.49. The molecule has 0 saturated heterocycles. The van der Waals surface area contributed by atoms with E-state index in [1.165, 1.54) is 10.4 Å². The van der Waals surface area contributed by atoms with E-state index in [1.54, 1.807) is 16.2 Å². The van der Waals surface area contributed by atoms with Crippen LogP contribution < -0.4 is 0 Å². The van der Waals surface area contributed by atoms with Gasteiger partial charge in [0, 0.05) is 28.0 Å². The molecule has 0 radical (unpaired) electrons. The van der Waals surface area contributed by atoms with Crippen molar-refractivity contribution in [2.24, 2.45) is 0 Å². The lowest BCUT2D eigenvalue weighted by molar-refractivity contribution is -0.134. The molecule has 0 N–H and O–H groups in total. The zero-order valence-corrected chi connectivity index (χ0v) is 20.8. The predicted octanol–water partition coefficient (Wildman–Crippen LogP) is 6.12. The summed E-state index contributed by atoms with van der Waals surface area (Å²) in [6, 6.07) is 17.2. The number of hydrogen-bond donors (Lipinski definition) is 0. The van der Waals surface area contributed by atoms with Gasteiger partial charge in [-0.05, 0) is 73.5 Å². The Bertz CT molecular complexity index is 1120. The molecule has 0 spiro atoms. The minimum atomic E-state index is -0.168. The fraction of sp³-hybridized carbons (Fsp3) is 0.333. The SMILES string of the molecule is CCC(C)N(CC(=O)N1CCc2sccc2C1c1ccc(Cl)cc1)C(=O)c1ccc(C)cc1. The van der Waals surface area contributed by atoms with Crippen LogP contribution in [-0.2, 0) is 11.2 Å².